The van der Waals surface area contributed by atoms with E-state index in [1.54, 1.807) is 34.8 Å². The molecule has 0 unspecified atom stereocenters. The maximum Gasteiger partial charge on any atom is 0.249 e. The molecule has 0 saturated heterocycles. The molecule has 0 aliphatic carbocycles. The van der Waals surface area contributed by atoms with Crippen molar-refractivity contribution in [2.75, 3.05) is 25.5 Å². The Bertz CT molecular complexity index is 1140. The van der Waals surface area contributed by atoms with E-state index in [0.29, 0.717) is 35.6 Å². The van der Waals surface area contributed by atoms with E-state index in [-0.39, 0.29) is 11.7 Å². The van der Waals surface area contributed by atoms with Crippen molar-refractivity contribution in [2.24, 2.45) is 0 Å². The quantitative estimate of drug-likeness (QED) is 0.230. The second-order valence-electron chi connectivity index (χ2n) is 7.15. The number of aromatic nitrogens is 3. The standard InChI is InChI=1S/C23H26BrN5O2.C2H6/c1-4-5-9-16(2)23(31)28(3)13-8-12-25-21-14-19(17-10-6-7-11-20(17)30)27-22-18(24)15-26-29(21)22;1-2/h4-7,9-11,14-15,25,30H,8,12-13H2,1-3H3;1-2H3/b5-4-,16-9+;. The summed E-state index contributed by atoms with van der Waals surface area (Å²) in [5, 5.41) is 18.0. The minimum Gasteiger partial charge on any atom is -0.507 e. The molecule has 0 saturated carbocycles. The third-order valence-corrected chi connectivity index (χ3v) is 5.37. The first kappa shape index (κ1) is 26.1. The van der Waals surface area contributed by atoms with Gasteiger partial charge in [0.15, 0.2) is 5.65 Å². The van der Waals surface area contributed by atoms with Gasteiger partial charge in [0.1, 0.15) is 11.6 Å². The van der Waals surface area contributed by atoms with Crippen LogP contribution < -0.4 is 5.32 Å². The predicted molar refractivity (Wildman–Crippen MR) is 138 cm³/mol. The number of carbonyl (C=O) groups excluding carboxylic acids is 1. The van der Waals surface area contributed by atoms with Gasteiger partial charge in [-0.05, 0) is 48.3 Å². The first-order valence-electron chi connectivity index (χ1n) is 11.0. The number of hydrogen-bond acceptors (Lipinski definition) is 5. The van der Waals surface area contributed by atoms with Gasteiger partial charge >= 0.3 is 0 Å². The van der Waals surface area contributed by atoms with Gasteiger partial charge in [0, 0.05) is 37.3 Å². The van der Waals surface area contributed by atoms with Crippen molar-refractivity contribution in [3.63, 3.8) is 0 Å². The number of benzene rings is 1. The van der Waals surface area contributed by atoms with Crippen molar-refractivity contribution in [3.05, 3.63) is 64.8 Å². The maximum absolute atomic E-state index is 12.4. The van der Waals surface area contributed by atoms with Crippen LogP contribution in [-0.4, -0.2) is 50.6 Å². The van der Waals surface area contributed by atoms with Gasteiger partial charge in [0.25, 0.3) is 0 Å². The molecule has 176 valence electrons. The molecule has 3 rings (SSSR count). The summed E-state index contributed by atoms with van der Waals surface area (Å²) in [4.78, 5) is 18.7. The second-order valence-corrected chi connectivity index (χ2v) is 8.01. The van der Waals surface area contributed by atoms with E-state index in [9.17, 15) is 9.90 Å². The highest BCUT2D eigenvalue weighted by Gasteiger charge is 2.14. The molecule has 0 bridgehead atoms. The number of para-hydroxylation sites is 1. The van der Waals surface area contributed by atoms with Gasteiger partial charge < -0.3 is 15.3 Å². The molecule has 0 atom stereocenters. The van der Waals surface area contributed by atoms with E-state index in [1.165, 1.54) is 0 Å². The van der Waals surface area contributed by atoms with E-state index in [2.05, 4.69) is 31.3 Å². The monoisotopic (exact) mass is 513 g/mol. The van der Waals surface area contributed by atoms with Gasteiger partial charge in [-0.2, -0.15) is 9.61 Å². The SMILES string of the molecule is C/C=C\C=C(/C)C(=O)N(C)CCCNc1cc(-c2ccccc2O)nc2c(Br)cnn12.CC. The molecule has 0 fully saturated rings. The largest absolute Gasteiger partial charge is 0.507 e. The van der Waals surface area contributed by atoms with Gasteiger partial charge in [-0.1, -0.05) is 44.2 Å². The summed E-state index contributed by atoms with van der Waals surface area (Å²) in [5.74, 6) is 0.941. The average Bonchev–Trinajstić information content (AvgIpc) is 3.21. The van der Waals surface area contributed by atoms with Crippen LogP contribution in [0.3, 0.4) is 0 Å². The van der Waals surface area contributed by atoms with Crippen molar-refractivity contribution in [1.29, 1.82) is 0 Å². The third-order valence-electron chi connectivity index (χ3n) is 4.81. The summed E-state index contributed by atoms with van der Waals surface area (Å²) in [6.07, 6.45) is 8.03. The Balaban J connectivity index is 0.00000187. The number of halogens is 1. The van der Waals surface area contributed by atoms with E-state index >= 15 is 0 Å². The van der Waals surface area contributed by atoms with Gasteiger partial charge in [-0.25, -0.2) is 4.98 Å². The Morgan fingerprint density at radius 1 is 1.30 bits per heavy atom. The number of nitrogens with zero attached hydrogens (tertiary/aromatic N) is 4. The Morgan fingerprint density at radius 3 is 2.73 bits per heavy atom. The molecule has 33 heavy (non-hydrogen) atoms. The minimum atomic E-state index is 0.0160. The van der Waals surface area contributed by atoms with E-state index in [4.69, 9.17) is 0 Å². The van der Waals surface area contributed by atoms with Gasteiger partial charge in [-0.15, -0.1) is 0 Å². The van der Waals surface area contributed by atoms with Gasteiger partial charge in [0.2, 0.25) is 5.91 Å². The van der Waals surface area contributed by atoms with Crippen molar-refractivity contribution in [1.82, 2.24) is 19.5 Å². The van der Waals surface area contributed by atoms with Crippen LogP contribution in [0.5, 0.6) is 5.75 Å². The van der Waals surface area contributed by atoms with E-state index in [1.807, 2.05) is 64.1 Å². The summed E-state index contributed by atoms with van der Waals surface area (Å²) in [7, 11) is 1.81. The third kappa shape index (κ3) is 6.68. The molecule has 7 nitrogen and oxygen atoms in total. The lowest BCUT2D eigenvalue weighted by Crippen LogP contribution is -2.29. The van der Waals surface area contributed by atoms with Crippen LogP contribution in [0, 0.1) is 0 Å². The molecule has 8 heteroatoms. The number of nitrogens with one attached hydrogen (secondary N) is 1. The average molecular weight is 514 g/mol. The molecule has 0 spiro atoms. The van der Waals surface area contributed by atoms with Crippen LogP contribution in [0.1, 0.15) is 34.1 Å². The van der Waals surface area contributed by atoms with Crippen LogP contribution in [-0.2, 0) is 4.79 Å². The Labute approximate surface area is 204 Å². The molecule has 2 heterocycles. The summed E-state index contributed by atoms with van der Waals surface area (Å²) in [6.45, 7) is 9.01. The number of anilines is 1. The number of aromatic hydroxyl groups is 1. The van der Waals surface area contributed by atoms with Crippen molar-refractivity contribution in [3.8, 4) is 17.0 Å². The van der Waals surface area contributed by atoms with E-state index in [0.717, 1.165) is 16.7 Å². The maximum atomic E-state index is 12.4. The molecule has 0 aliphatic rings. The van der Waals surface area contributed by atoms with Crippen LogP contribution in [0.15, 0.2) is 64.8 Å². The molecule has 2 N–H and O–H groups in total. The zero-order chi connectivity index (χ0) is 24.4. The molecule has 2 aromatic heterocycles. The van der Waals surface area contributed by atoms with Crippen molar-refractivity contribution < 1.29 is 9.90 Å². The number of allylic oxidation sites excluding steroid dienone is 3. The number of amides is 1. The normalized spacial score (nSPS) is 11.4. The number of rotatable bonds is 8. The minimum absolute atomic E-state index is 0.0160. The Hall–Kier alpha value is -3.13. The second kappa shape index (κ2) is 12.8. The lowest BCUT2D eigenvalue weighted by atomic mass is 10.1. The van der Waals surface area contributed by atoms with Crippen LogP contribution in [0.25, 0.3) is 16.9 Å². The number of phenolic OH excluding ortho intramolecular Hbond substituents is 1. The van der Waals surface area contributed by atoms with Crippen molar-refractivity contribution >= 4 is 33.3 Å². The highest BCUT2D eigenvalue weighted by Crippen LogP contribution is 2.31. The number of likely N-dealkylation sites (N-methyl/N-ethyl adjacent to an activating group) is 1. The number of phenols is 1. The number of carbonyl (C=O) groups is 1. The molecule has 1 aromatic carbocycles. The molecular weight excluding hydrogens is 482 g/mol. The van der Waals surface area contributed by atoms with Crippen LogP contribution >= 0.6 is 15.9 Å². The fourth-order valence-electron chi connectivity index (χ4n) is 3.14. The fraction of sp³-hybridized carbons (Fsp3) is 0.320. The predicted octanol–water partition coefficient (Wildman–Crippen LogP) is 5.67. The van der Waals surface area contributed by atoms with Crippen molar-refractivity contribution in [2.45, 2.75) is 34.1 Å². The Morgan fingerprint density at radius 2 is 2.03 bits per heavy atom. The molecule has 1 amide bonds. The van der Waals surface area contributed by atoms with Crippen LogP contribution in [0.4, 0.5) is 5.82 Å². The lowest BCUT2D eigenvalue weighted by molar-refractivity contribution is -0.125. The number of hydrogen-bond donors (Lipinski definition) is 2. The molecule has 3 aromatic rings. The zero-order valence-electron chi connectivity index (χ0n) is 19.8. The van der Waals surface area contributed by atoms with Crippen LogP contribution in [0.2, 0.25) is 0 Å². The van der Waals surface area contributed by atoms with Gasteiger partial charge in [0.05, 0.1) is 16.4 Å². The molecule has 0 aliphatic heterocycles. The molecular formula is C25H32BrN5O2. The summed E-state index contributed by atoms with van der Waals surface area (Å²) >= 11 is 3.48. The fourth-order valence-corrected chi connectivity index (χ4v) is 3.49. The Kier molecular flexibility index (Phi) is 10.1. The first-order chi connectivity index (χ1) is 15.9. The summed E-state index contributed by atoms with van der Waals surface area (Å²) in [6, 6.07) is 8.96. The van der Waals surface area contributed by atoms with E-state index < -0.39 is 0 Å². The highest BCUT2D eigenvalue weighted by molar-refractivity contribution is 9.10. The van der Waals surface area contributed by atoms with Gasteiger partial charge in [-0.3, -0.25) is 4.79 Å². The highest BCUT2D eigenvalue weighted by atomic mass is 79.9. The molecule has 0 radical (unpaired) electrons. The zero-order valence-corrected chi connectivity index (χ0v) is 21.4. The lowest BCUT2D eigenvalue weighted by Gasteiger charge is -2.18. The first-order valence-corrected chi connectivity index (χ1v) is 11.8. The number of fused-ring (bicyclic) bond motifs is 1. The summed E-state index contributed by atoms with van der Waals surface area (Å²) in [5.41, 5.74) is 2.65. The summed E-state index contributed by atoms with van der Waals surface area (Å²) < 4.78 is 2.48. The topological polar surface area (TPSA) is 82.8 Å². The smallest absolute Gasteiger partial charge is 0.249 e.